The van der Waals surface area contributed by atoms with Gasteiger partial charge in [0.15, 0.2) is 0 Å². The Morgan fingerprint density at radius 3 is 3.05 bits per heavy atom. The molecule has 1 aromatic rings. The predicted molar refractivity (Wildman–Crippen MR) is 98.8 cm³/mol. The van der Waals surface area contributed by atoms with E-state index in [9.17, 15) is 4.79 Å². The highest BCUT2D eigenvalue weighted by atomic mass is 79.9. The lowest BCUT2D eigenvalue weighted by Gasteiger charge is -2.29. The zero-order chi connectivity index (χ0) is 14.7. The minimum absolute atomic E-state index is 0. The molecule has 2 aliphatic rings. The number of halogens is 2. The van der Waals surface area contributed by atoms with Gasteiger partial charge in [0.2, 0.25) is 5.91 Å². The van der Waals surface area contributed by atoms with Crippen LogP contribution in [0.3, 0.4) is 0 Å². The highest BCUT2D eigenvalue weighted by Crippen LogP contribution is 2.33. The van der Waals surface area contributed by atoms with Gasteiger partial charge in [-0.1, -0.05) is 28.1 Å². The van der Waals surface area contributed by atoms with E-state index in [1.54, 1.807) is 0 Å². The normalized spacial score (nSPS) is 24.9. The van der Waals surface area contributed by atoms with Crippen LogP contribution in [0, 0.1) is 0 Å². The van der Waals surface area contributed by atoms with Crippen LogP contribution in [0.1, 0.15) is 30.9 Å². The van der Waals surface area contributed by atoms with Crippen molar-refractivity contribution < 1.29 is 4.79 Å². The van der Waals surface area contributed by atoms with E-state index in [2.05, 4.69) is 44.3 Å². The summed E-state index contributed by atoms with van der Waals surface area (Å²) >= 11 is 5.48. The van der Waals surface area contributed by atoms with Crippen LogP contribution in [0.5, 0.6) is 0 Å². The van der Waals surface area contributed by atoms with Crippen molar-refractivity contribution in [1.82, 2.24) is 10.2 Å². The van der Waals surface area contributed by atoms with Gasteiger partial charge in [0, 0.05) is 41.5 Å². The molecule has 2 saturated heterocycles. The third-order valence-corrected chi connectivity index (χ3v) is 5.85. The molecule has 2 fully saturated rings. The molecular formula is C16H22BrClN2OS. The van der Waals surface area contributed by atoms with Crippen molar-refractivity contribution in [3.05, 3.63) is 34.3 Å². The third kappa shape index (κ3) is 4.40. The highest BCUT2D eigenvalue weighted by Gasteiger charge is 2.31. The second-order valence-corrected chi connectivity index (χ2v) is 7.80. The van der Waals surface area contributed by atoms with Gasteiger partial charge in [0.05, 0.1) is 6.04 Å². The molecule has 22 heavy (non-hydrogen) atoms. The van der Waals surface area contributed by atoms with Gasteiger partial charge in [-0.2, -0.15) is 11.8 Å². The molecule has 0 aromatic heterocycles. The first-order chi connectivity index (χ1) is 10.2. The number of nitrogens with zero attached hydrogens (tertiary/aromatic N) is 1. The van der Waals surface area contributed by atoms with Crippen LogP contribution in [-0.2, 0) is 4.79 Å². The molecule has 2 heterocycles. The summed E-state index contributed by atoms with van der Waals surface area (Å²) in [5, 5.41) is 3.46. The first-order valence-corrected chi connectivity index (χ1v) is 9.55. The van der Waals surface area contributed by atoms with Crippen LogP contribution in [0.15, 0.2) is 28.7 Å². The van der Waals surface area contributed by atoms with Crippen LogP contribution in [0.2, 0.25) is 0 Å². The van der Waals surface area contributed by atoms with E-state index in [0.717, 1.165) is 41.9 Å². The minimum atomic E-state index is 0. The standard InChI is InChI=1S/C16H21BrN2OS.ClH/c17-13-4-1-3-12(9-13)15-5-2-7-19(15)16(20)10-14-11-21-8-6-18-14;/h1,3-4,9,14-15,18H,2,5-8,10-11H2;1H. The molecule has 1 amide bonds. The Morgan fingerprint density at radius 1 is 1.45 bits per heavy atom. The van der Waals surface area contributed by atoms with Gasteiger partial charge in [-0.25, -0.2) is 0 Å². The maximum atomic E-state index is 12.6. The molecule has 1 N–H and O–H groups in total. The Bertz CT molecular complexity index is 511. The number of amides is 1. The molecule has 1 aromatic carbocycles. The molecule has 0 spiro atoms. The van der Waals surface area contributed by atoms with Gasteiger partial charge in [-0.3, -0.25) is 4.79 Å². The molecule has 2 atom stereocenters. The SMILES string of the molecule is Cl.O=C(CC1CSCCN1)N1CCCC1c1cccc(Br)c1. The van der Waals surface area contributed by atoms with Crippen molar-refractivity contribution in [1.29, 1.82) is 0 Å². The summed E-state index contributed by atoms with van der Waals surface area (Å²) in [7, 11) is 0. The van der Waals surface area contributed by atoms with E-state index >= 15 is 0 Å². The van der Waals surface area contributed by atoms with Crippen LogP contribution in [0.4, 0.5) is 0 Å². The number of nitrogens with one attached hydrogen (secondary N) is 1. The Kier molecular flexibility index (Phi) is 7.06. The molecule has 2 unspecified atom stereocenters. The van der Waals surface area contributed by atoms with E-state index in [1.807, 2.05) is 17.8 Å². The van der Waals surface area contributed by atoms with E-state index in [-0.39, 0.29) is 18.4 Å². The van der Waals surface area contributed by atoms with E-state index in [4.69, 9.17) is 0 Å². The first-order valence-electron chi connectivity index (χ1n) is 7.60. The third-order valence-electron chi connectivity index (χ3n) is 4.23. The Morgan fingerprint density at radius 2 is 2.32 bits per heavy atom. The molecule has 0 bridgehead atoms. The number of carbonyl (C=O) groups excluding carboxylic acids is 1. The summed E-state index contributed by atoms with van der Waals surface area (Å²) in [4.78, 5) is 14.7. The second kappa shape index (κ2) is 8.57. The Balaban J connectivity index is 0.00000176. The van der Waals surface area contributed by atoms with Crippen molar-refractivity contribution in [3.8, 4) is 0 Å². The van der Waals surface area contributed by atoms with Gasteiger partial charge in [0.25, 0.3) is 0 Å². The molecule has 0 radical (unpaired) electrons. The molecule has 0 aliphatic carbocycles. The minimum Gasteiger partial charge on any atom is -0.336 e. The summed E-state index contributed by atoms with van der Waals surface area (Å²) < 4.78 is 1.09. The zero-order valence-electron chi connectivity index (χ0n) is 12.5. The number of rotatable bonds is 3. The van der Waals surface area contributed by atoms with Crippen molar-refractivity contribution in [3.63, 3.8) is 0 Å². The van der Waals surface area contributed by atoms with Gasteiger partial charge in [-0.15, -0.1) is 12.4 Å². The average molecular weight is 406 g/mol. The van der Waals surface area contributed by atoms with Crippen LogP contribution in [-0.4, -0.2) is 41.4 Å². The highest BCUT2D eigenvalue weighted by molar-refractivity contribution is 9.10. The number of thioether (sulfide) groups is 1. The maximum Gasteiger partial charge on any atom is 0.224 e. The zero-order valence-corrected chi connectivity index (χ0v) is 15.7. The summed E-state index contributed by atoms with van der Waals surface area (Å²) in [6, 6.07) is 8.97. The molecule has 3 rings (SSSR count). The van der Waals surface area contributed by atoms with Crippen molar-refractivity contribution in [2.75, 3.05) is 24.6 Å². The maximum absolute atomic E-state index is 12.6. The van der Waals surface area contributed by atoms with Crippen LogP contribution < -0.4 is 5.32 Å². The second-order valence-electron chi connectivity index (χ2n) is 5.73. The smallest absolute Gasteiger partial charge is 0.224 e. The lowest BCUT2D eigenvalue weighted by Crippen LogP contribution is -2.42. The monoisotopic (exact) mass is 404 g/mol. The summed E-state index contributed by atoms with van der Waals surface area (Å²) in [5.74, 6) is 2.52. The average Bonchev–Trinajstić information content (AvgIpc) is 2.98. The fourth-order valence-corrected chi connectivity index (χ4v) is 4.57. The number of hydrogen-bond acceptors (Lipinski definition) is 3. The van der Waals surface area contributed by atoms with Crippen LogP contribution >= 0.6 is 40.1 Å². The topological polar surface area (TPSA) is 32.3 Å². The molecular weight excluding hydrogens is 384 g/mol. The molecule has 3 nitrogen and oxygen atoms in total. The number of likely N-dealkylation sites (tertiary alicyclic amines) is 1. The number of benzene rings is 1. The van der Waals surface area contributed by atoms with Crippen molar-refractivity contribution >= 4 is 46.0 Å². The fraction of sp³-hybridized carbons (Fsp3) is 0.562. The number of hydrogen-bond donors (Lipinski definition) is 1. The van der Waals surface area contributed by atoms with E-state index in [0.29, 0.717) is 18.4 Å². The van der Waals surface area contributed by atoms with Crippen LogP contribution in [0.25, 0.3) is 0 Å². The summed E-state index contributed by atoms with van der Waals surface area (Å²) in [5.41, 5.74) is 1.25. The van der Waals surface area contributed by atoms with Crippen molar-refractivity contribution in [2.24, 2.45) is 0 Å². The summed E-state index contributed by atoms with van der Waals surface area (Å²) in [6.45, 7) is 1.92. The first kappa shape index (κ1) is 18.1. The summed E-state index contributed by atoms with van der Waals surface area (Å²) in [6.07, 6.45) is 2.82. The Labute approximate surface area is 151 Å². The fourth-order valence-electron chi connectivity index (χ4n) is 3.20. The molecule has 122 valence electrons. The van der Waals surface area contributed by atoms with Gasteiger partial charge in [-0.05, 0) is 30.5 Å². The van der Waals surface area contributed by atoms with E-state index in [1.165, 1.54) is 5.56 Å². The quantitative estimate of drug-likeness (QED) is 0.833. The molecule has 6 heteroatoms. The van der Waals surface area contributed by atoms with Crippen molar-refractivity contribution in [2.45, 2.75) is 31.3 Å². The number of carbonyl (C=O) groups is 1. The predicted octanol–water partition coefficient (Wildman–Crippen LogP) is 3.63. The van der Waals surface area contributed by atoms with E-state index < -0.39 is 0 Å². The van der Waals surface area contributed by atoms with Gasteiger partial charge < -0.3 is 10.2 Å². The van der Waals surface area contributed by atoms with Gasteiger partial charge >= 0.3 is 0 Å². The molecule has 0 saturated carbocycles. The Hall–Kier alpha value is -0.230. The lowest BCUT2D eigenvalue weighted by molar-refractivity contribution is -0.132. The largest absolute Gasteiger partial charge is 0.336 e. The lowest BCUT2D eigenvalue weighted by atomic mass is 10.0. The van der Waals surface area contributed by atoms with Gasteiger partial charge in [0.1, 0.15) is 0 Å². The molecule has 2 aliphatic heterocycles.